The number of morpholine rings is 1. The maximum atomic E-state index is 5.88. The number of nitrogens with zero attached hydrogens (tertiary/aromatic N) is 4. The lowest BCUT2D eigenvalue weighted by molar-refractivity contribution is -0.0777. The van der Waals surface area contributed by atoms with Crippen molar-refractivity contribution in [3.05, 3.63) is 29.0 Å². The summed E-state index contributed by atoms with van der Waals surface area (Å²) in [5, 5.41) is 4.92. The Bertz CT molecular complexity index is 863. The van der Waals surface area contributed by atoms with Crippen LogP contribution in [-0.4, -0.2) is 64.4 Å². The van der Waals surface area contributed by atoms with E-state index in [0.717, 1.165) is 61.0 Å². The summed E-state index contributed by atoms with van der Waals surface area (Å²) in [6.07, 6.45) is 2.78. The lowest BCUT2D eigenvalue weighted by atomic mass is 10.2. The lowest BCUT2D eigenvalue weighted by Crippen LogP contribution is -2.46. The van der Waals surface area contributed by atoms with E-state index in [4.69, 9.17) is 31.5 Å². The molecular formula is C21H30N4O3S. The van der Waals surface area contributed by atoms with E-state index in [2.05, 4.69) is 23.3 Å². The molecule has 2 fully saturated rings. The summed E-state index contributed by atoms with van der Waals surface area (Å²) < 4.78 is 21.8. The van der Waals surface area contributed by atoms with Gasteiger partial charge in [-0.15, -0.1) is 0 Å². The molecule has 3 heterocycles. The van der Waals surface area contributed by atoms with Gasteiger partial charge >= 0.3 is 0 Å². The number of benzene rings is 1. The number of rotatable bonds is 6. The molecule has 2 saturated heterocycles. The van der Waals surface area contributed by atoms with Crippen LogP contribution in [0.3, 0.4) is 0 Å². The summed E-state index contributed by atoms with van der Waals surface area (Å²) in [4.78, 5) is 2.36. The van der Waals surface area contributed by atoms with Crippen molar-refractivity contribution in [1.82, 2.24) is 19.2 Å². The van der Waals surface area contributed by atoms with Crippen molar-refractivity contribution < 1.29 is 14.2 Å². The van der Waals surface area contributed by atoms with Gasteiger partial charge in [0.05, 0.1) is 38.6 Å². The molecule has 158 valence electrons. The van der Waals surface area contributed by atoms with E-state index in [1.54, 1.807) is 7.11 Å². The van der Waals surface area contributed by atoms with Crippen LogP contribution in [0.15, 0.2) is 24.3 Å². The van der Waals surface area contributed by atoms with Crippen molar-refractivity contribution in [2.75, 3.05) is 26.8 Å². The highest BCUT2D eigenvalue weighted by Crippen LogP contribution is 2.24. The average Bonchev–Trinajstić information content (AvgIpc) is 3.31. The van der Waals surface area contributed by atoms with Crippen molar-refractivity contribution in [3.8, 4) is 17.1 Å². The van der Waals surface area contributed by atoms with Gasteiger partial charge in [-0.2, -0.15) is 5.10 Å². The Morgan fingerprint density at radius 1 is 1.17 bits per heavy atom. The summed E-state index contributed by atoms with van der Waals surface area (Å²) >= 11 is 5.85. The van der Waals surface area contributed by atoms with E-state index < -0.39 is 0 Å². The number of methoxy groups -OCH3 is 1. The summed E-state index contributed by atoms with van der Waals surface area (Å²) in [7, 11) is 1.67. The molecule has 3 atom stereocenters. The monoisotopic (exact) mass is 418 g/mol. The lowest BCUT2D eigenvalue weighted by Gasteiger charge is -2.34. The fourth-order valence-electron chi connectivity index (χ4n) is 4.23. The van der Waals surface area contributed by atoms with Gasteiger partial charge in [0.25, 0.3) is 0 Å². The molecule has 4 rings (SSSR count). The average molecular weight is 419 g/mol. The first-order valence-electron chi connectivity index (χ1n) is 10.3. The number of hydrogen-bond acceptors (Lipinski definition) is 6. The van der Waals surface area contributed by atoms with Gasteiger partial charge in [0.1, 0.15) is 5.75 Å². The standard InChI is InChI=1S/C21H30N4O3S/c1-15-11-23(12-16(2)28-15)14-25-21(29)24(13-19-5-4-10-27-19)20(22-25)17-6-8-18(26-3)9-7-17/h6-9,15-16,19H,4-5,10-14H2,1-3H3. The van der Waals surface area contributed by atoms with Crippen molar-refractivity contribution in [1.29, 1.82) is 0 Å². The van der Waals surface area contributed by atoms with Crippen molar-refractivity contribution in [2.24, 2.45) is 0 Å². The SMILES string of the molecule is COc1ccc(-c2nn(CN3CC(C)OC(C)C3)c(=S)n2CC2CCCO2)cc1. The van der Waals surface area contributed by atoms with Crippen LogP contribution in [0.25, 0.3) is 11.4 Å². The molecule has 1 aromatic carbocycles. The van der Waals surface area contributed by atoms with Gasteiger partial charge in [-0.3, -0.25) is 9.47 Å². The van der Waals surface area contributed by atoms with Crippen molar-refractivity contribution >= 4 is 12.2 Å². The molecular weight excluding hydrogens is 388 g/mol. The van der Waals surface area contributed by atoms with E-state index in [1.165, 1.54) is 0 Å². The Morgan fingerprint density at radius 2 is 1.90 bits per heavy atom. The number of ether oxygens (including phenoxy) is 3. The zero-order valence-electron chi connectivity index (χ0n) is 17.4. The van der Waals surface area contributed by atoms with Crippen LogP contribution in [0.1, 0.15) is 26.7 Å². The van der Waals surface area contributed by atoms with Crippen LogP contribution >= 0.6 is 12.2 Å². The summed E-state index contributed by atoms with van der Waals surface area (Å²) in [5.41, 5.74) is 1.03. The number of hydrogen-bond donors (Lipinski definition) is 0. The van der Waals surface area contributed by atoms with Crippen LogP contribution < -0.4 is 4.74 Å². The second-order valence-electron chi connectivity index (χ2n) is 8.01. The van der Waals surface area contributed by atoms with Crippen LogP contribution in [0.2, 0.25) is 0 Å². The number of aromatic nitrogens is 3. The molecule has 0 aliphatic carbocycles. The maximum absolute atomic E-state index is 5.88. The van der Waals surface area contributed by atoms with Crippen LogP contribution in [0.4, 0.5) is 0 Å². The Labute approximate surface area is 177 Å². The highest BCUT2D eigenvalue weighted by molar-refractivity contribution is 7.71. The van der Waals surface area contributed by atoms with Gasteiger partial charge < -0.3 is 14.2 Å². The molecule has 2 aliphatic rings. The predicted molar refractivity (Wildman–Crippen MR) is 114 cm³/mol. The van der Waals surface area contributed by atoms with Crippen LogP contribution in [-0.2, 0) is 22.7 Å². The van der Waals surface area contributed by atoms with E-state index in [-0.39, 0.29) is 18.3 Å². The van der Waals surface area contributed by atoms with Gasteiger partial charge in [-0.05, 0) is 63.2 Å². The normalized spacial score (nSPS) is 25.4. The summed E-state index contributed by atoms with van der Waals surface area (Å²) in [6, 6.07) is 7.98. The molecule has 0 N–H and O–H groups in total. The first-order chi connectivity index (χ1) is 14.0. The molecule has 0 amide bonds. The van der Waals surface area contributed by atoms with Crippen molar-refractivity contribution in [2.45, 2.75) is 58.2 Å². The maximum Gasteiger partial charge on any atom is 0.199 e. The van der Waals surface area contributed by atoms with E-state index in [1.807, 2.05) is 28.9 Å². The van der Waals surface area contributed by atoms with Crippen molar-refractivity contribution in [3.63, 3.8) is 0 Å². The molecule has 0 radical (unpaired) electrons. The smallest absolute Gasteiger partial charge is 0.199 e. The first-order valence-corrected chi connectivity index (χ1v) is 10.8. The largest absolute Gasteiger partial charge is 0.497 e. The second-order valence-corrected chi connectivity index (χ2v) is 8.38. The third-order valence-electron chi connectivity index (χ3n) is 5.51. The molecule has 2 aromatic rings. The highest BCUT2D eigenvalue weighted by Gasteiger charge is 2.25. The molecule has 2 aliphatic heterocycles. The first kappa shape index (κ1) is 20.5. The molecule has 0 saturated carbocycles. The van der Waals surface area contributed by atoms with Gasteiger partial charge in [-0.1, -0.05) is 0 Å². The summed E-state index contributed by atoms with van der Waals surface area (Å²) in [5.74, 6) is 1.70. The van der Waals surface area contributed by atoms with E-state index in [9.17, 15) is 0 Å². The second kappa shape index (κ2) is 8.95. The van der Waals surface area contributed by atoms with Gasteiger partial charge in [0.15, 0.2) is 10.6 Å². The van der Waals surface area contributed by atoms with Gasteiger partial charge in [0, 0.05) is 25.3 Å². The quantitative estimate of drug-likeness (QED) is 0.671. The Morgan fingerprint density at radius 3 is 2.52 bits per heavy atom. The zero-order chi connectivity index (χ0) is 20.4. The Balaban J connectivity index is 1.64. The van der Waals surface area contributed by atoms with E-state index >= 15 is 0 Å². The third-order valence-corrected chi connectivity index (χ3v) is 5.94. The fraction of sp³-hybridized carbons (Fsp3) is 0.619. The topological polar surface area (TPSA) is 53.7 Å². The Hall–Kier alpha value is -1.74. The van der Waals surface area contributed by atoms with Crippen LogP contribution in [0, 0.1) is 4.77 Å². The zero-order valence-corrected chi connectivity index (χ0v) is 18.2. The molecule has 3 unspecified atom stereocenters. The van der Waals surface area contributed by atoms with Gasteiger partial charge in [0.2, 0.25) is 0 Å². The molecule has 0 bridgehead atoms. The summed E-state index contributed by atoms with van der Waals surface area (Å²) in [6.45, 7) is 8.20. The minimum atomic E-state index is 0.194. The molecule has 1 aromatic heterocycles. The highest BCUT2D eigenvalue weighted by atomic mass is 32.1. The molecule has 0 spiro atoms. The molecule has 8 heteroatoms. The molecule has 7 nitrogen and oxygen atoms in total. The van der Waals surface area contributed by atoms with E-state index in [0.29, 0.717) is 6.67 Å². The predicted octanol–water partition coefficient (Wildman–Crippen LogP) is 3.34. The molecule has 29 heavy (non-hydrogen) atoms. The van der Waals surface area contributed by atoms with Gasteiger partial charge in [-0.25, -0.2) is 4.68 Å². The Kier molecular flexibility index (Phi) is 6.34. The minimum Gasteiger partial charge on any atom is -0.497 e. The fourth-order valence-corrected chi connectivity index (χ4v) is 4.49. The third kappa shape index (κ3) is 4.71. The van der Waals surface area contributed by atoms with Crippen LogP contribution in [0.5, 0.6) is 5.75 Å². The minimum absolute atomic E-state index is 0.194.